The van der Waals surface area contributed by atoms with E-state index in [0.29, 0.717) is 4.57 Å². The number of nitriles is 2. The zero-order valence-electron chi connectivity index (χ0n) is 46.1. The van der Waals surface area contributed by atoms with E-state index in [1.165, 1.54) is 65.3 Å². The Morgan fingerprint density at radius 3 is 1.49 bits per heavy atom. The van der Waals surface area contributed by atoms with Crippen LogP contribution in [0.4, 0.5) is 11.6 Å². The molecule has 4 aromatic rings. The molecule has 0 radical (unpaired) electrons. The van der Waals surface area contributed by atoms with Gasteiger partial charge in [-0.15, -0.1) is 0 Å². The number of carbonyl (C=O) groups excluding carboxylic acids is 2. The number of methoxy groups -OCH3 is 1. The number of hydrogen-bond acceptors (Lipinski definition) is 26. The predicted molar refractivity (Wildman–Crippen MR) is 286 cm³/mol. The summed E-state index contributed by atoms with van der Waals surface area (Å²) >= 11 is 0. The lowest BCUT2D eigenvalue weighted by atomic mass is 10.0. The van der Waals surface area contributed by atoms with Crippen LogP contribution in [0.25, 0.3) is 0 Å². The molecule has 1 unspecified atom stereocenters. The first-order valence-corrected chi connectivity index (χ1v) is 27.9. The van der Waals surface area contributed by atoms with Gasteiger partial charge < -0.3 is 74.5 Å². The fourth-order valence-electron chi connectivity index (χ4n) is 8.17. The highest BCUT2D eigenvalue weighted by atomic mass is 31.2. The largest absolute Gasteiger partial charge is 0.483 e. The first kappa shape index (κ1) is 68.3. The summed E-state index contributed by atoms with van der Waals surface area (Å²) in [6, 6.07) is 20.1. The maximum Gasteiger partial charge on any atom is 0.459 e. The smallest absolute Gasteiger partial charge is 0.459 e. The van der Waals surface area contributed by atoms with E-state index in [-0.39, 0.29) is 35.1 Å². The lowest BCUT2D eigenvalue weighted by Gasteiger charge is -2.31. The fourth-order valence-corrected chi connectivity index (χ4v) is 11.6. The molecule has 3 fully saturated rings. The zero-order chi connectivity index (χ0) is 60.9. The number of anilines is 2. The Hall–Kier alpha value is -7.23. The summed E-state index contributed by atoms with van der Waals surface area (Å²) in [5.41, 5.74) is 4.77. The van der Waals surface area contributed by atoms with Gasteiger partial charge >= 0.3 is 38.8 Å². The average Bonchev–Trinajstić information content (AvgIpc) is 2.35. The van der Waals surface area contributed by atoms with Gasteiger partial charge in [0.2, 0.25) is 0 Å². The van der Waals surface area contributed by atoms with Crippen LogP contribution in [-0.4, -0.2) is 145 Å². The number of aliphatic hydroxyl groups is 2. The van der Waals surface area contributed by atoms with Gasteiger partial charge in [0.15, 0.2) is 6.10 Å². The minimum Gasteiger partial charge on any atom is -0.483 e. The van der Waals surface area contributed by atoms with E-state index in [1.54, 1.807) is 82.3 Å². The number of benzene rings is 2. The molecule has 2 aromatic heterocycles. The molecule has 34 heteroatoms. The van der Waals surface area contributed by atoms with Crippen molar-refractivity contribution in [2.45, 2.75) is 146 Å². The molecule has 0 spiro atoms. The summed E-state index contributed by atoms with van der Waals surface area (Å²) in [4.78, 5) is 65.6. The van der Waals surface area contributed by atoms with Crippen molar-refractivity contribution in [1.29, 1.82) is 10.5 Å². The molecule has 83 heavy (non-hydrogen) atoms. The molecule has 0 bridgehead atoms. The Labute approximate surface area is 474 Å². The van der Waals surface area contributed by atoms with E-state index < -0.39 is 130 Å². The number of carboxylic acid groups (broad SMARTS) is 1. The number of aliphatic hydroxyl groups excluding tert-OH is 2. The molecule has 0 aliphatic carbocycles. The maximum atomic E-state index is 14.1. The lowest BCUT2D eigenvalue weighted by molar-refractivity contribution is -0.269. The van der Waals surface area contributed by atoms with E-state index >= 15 is 0 Å². The van der Waals surface area contributed by atoms with Crippen LogP contribution in [0, 0.1) is 22.7 Å². The number of esters is 2. The number of ether oxygens (including phenoxy) is 7. The molecular formula is C49H66N10O22P2. The molecule has 32 nitrogen and oxygen atoms in total. The van der Waals surface area contributed by atoms with Gasteiger partial charge in [-0.1, -0.05) is 36.4 Å². The first-order valence-electron chi connectivity index (χ1n) is 24.8. The summed E-state index contributed by atoms with van der Waals surface area (Å²) in [7, 11) is -7.40. The van der Waals surface area contributed by atoms with Crippen LogP contribution < -0.4 is 42.1 Å². The summed E-state index contributed by atoms with van der Waals surface area (Å²) in [5.74, 6) is -1.26. The van der Waals surface area contributed by atoms with Crippen molar-refractivity contribution in [2.24, 2.45) is 0 Å². The molecule has 454 valence electrons. The minimum atomic E-state index is -4.39. The lowest BCUT2D eigenvalue weighted by Crippen LogP contribution is -2.49. The van der Waals surface area contributed by atoms with E-state index in [0.717, 1.165) is 10.8 Å². The van der Waals surface area contributed by atoms with Gasteiger partial charge in [0, 0.05) is 19.5 Å². The van der Waals surface area contributed by atoms with Gasteiger partial charge in [-0.05, 0) is 91.8 Å². The molecule has 0 amide bonds. The normalized spacial score (nSPS) is 26.1. The summed E-state index contributed by atoms with van der Waals surface area (Å²) < 4.78 is 91.4. The number of nitrogens with one attached hydrogen (secondary N) is 2. The van der Waals surface area contributed by atoms with E-state index in [1.807, 2.05) is 6.07 Å². The standard InChI is InChI=1S/C25H32N5O10P.C23H30N5O9P.CH2O2.H2O/c1-14(2)35-22(31)15(3)29-41(33,40-17-9-7-6-8-10-17)39-16(4)19-20-21(37-24(34-5)36-20)25(13-26,38-19)30-12-11-18(27)28-23(30)32;1-13(2)34-21(31)14(3)27-38(33,37-16-8-6-5-7-9-16)36-15(4)19-18(29)20(30)23(12-24,35-19)28-11-10-17(25)26-22(28)32;2-1-3;/h6-12,14-16,19-21,24H,1-5H3,(H,29,33)(H2,27,28,32);5-11,13-15,18-20,29-30H,1-4H3,(H,27,33)(H2,25,26,32);1H,(H,2,3);1H2/t15-,16+,19+,20+,21+,24?,25+,41-;14-,15+,18+,19+,20+,23+,38-;;/m00../s1. The third-order valence-electron chi connectivity index (χ3n) is 11.7. The Morgan fingerprint density at radius 2 is 1.11 bits per heavy atom. The van der Waals surface area contributed by atoms with Crippen LogP contribution in [0.2, 0.25) is 0 Å². The van der Waals surface area contributed by atoms with E-state index in [2.05, 4.69) is 20.1 Å². The molecule has 11 N–H and O–H groups in total. The molecule has 3 saturated heterocycles. The first-order chi connectivity index (χ1) is 38.6. The maximum absolute atomic E-state index is 14.1. The predicted octanol–water partition coefficient (Wildman–Crippen LogP) is 1.16. The molecule has 15 atom stereocenters. The van der Waals surface area contributed by atoms with Crippen LogP contribution in [0.1, 0.15) is 55.4 Å². The van der Waals surface area contributed by atoms with Crippen LogP contribution in [0.3, 0.4) is 0 Å². The Kier molecular flexibility index (Phi) is 24.1. The van der Waals surface area contributed by atoms with Gasteiger partial charge in [-0.2, -0.15) is 30.7 Å². The van der Waals surface area contributed by atoms with E-state index in [9.17, 15) is 49.0 Å². The third-order valence-corrected chi connectivity index (χ3v) is 15.2. The fraction of sp³-hybridized carbons (Fsp3) is 0.490. The van der Waals surface area contributed by atoms with Crippen LogP contribution >= 0.6 is 15.5 Å². The summed E-state index contributed by atoms with van der Waals surface area (Å²) in [6.07, 6.45) is -9.55. The van der Waals surface area contributed by atoms with Crippen LogP contribution in [-0.2, 0) is 77.2 Å². The number of nitrogens with two attached hydrogens (primary N) is 2. The topological polar surface area (TPSA) is 473 Å². The second kappa shape index (κ2) is 29.3. The highest BCUT2D eigenvalue weighted by molar-refractivity contribution is 7.52. The van der Waals surface area contributed by atoms with E-state index in [4.69, 9.17) is 72.6 Å². The highest BCUT2D eigenvalue weighted by Crippen LogP contribution is 2.51. The van der Waals surface area contributed by atoms with Crippen molar-refractivity contribution in [3.05, 3.63) is 106 Å². The number of hydrogen-bond donors (Lipinski definition) is 7. The van der Waals surface area contributed by atoms with Crippen molar-refractivity contribution in [1.82, 2.24) is 29.3 Å². The summed E-state index contributed by atoms with van der Waals surface area (Å²) in [5, 5.41) is 53.7. The van der Waals surface area contributed by atoms with Gasteiger partial charge in [0.25, 0.3) is 24.4 Å². The Bertz CT molecular complexity index is 3130. The number of rotatable bonds is 21. The second-order valence-electron chi connectivity index (χ2n) is 18.6. The van der Waals surface area contributed by atoms with Crippen molar-refractivity contribution >= 4 is 45.5 Å². The SMILES string of the molecule is CC(C)OC(=O)[C@H](C)N[P@@](=O)(Oc1ccccc1)O[C@H](C)[C@H]1O[C@@](C#N)(n2ccc(N)nc2=O)[C@H](O)[C@@H]1O.COC1O[C@@H]2[C@@H]([C@@H](C)O[P@@](=O)(N[C@@H](C)C(=O)OC(C)C)Oc3ccccc3)O[C@@](C#N)(n3ccc(N)nc3=O)[C@@H]2O1.O.O=CO. The monoisotopic (exact) mass is 1210 g/mol. The molecule has 5 heterocycles. The number of carbonyl (C=O) groups is 3. The van der Waals surface area contributed by atoms with Gasteiger partial charge in [0.1, 0.15) is 77.9 Å². The number of aromatic nitrogens is 4. The molecule has 0 saturated carbocycles. The minimum absolute atomic E-state index is 0. The van der Waals surface area contributed by atoms with Crippen molar-refractivity contribution in [3.63, 3.8) is 0 Å². The zero-order valence-corrected chi connectivity index (χ0v) is 47.9. The van der Waals surface area contributed by atoms with Crippen LogP contribution in [0.5, 0.6) is 11.5 Å². The number of fused-ring (bicyclic) bond motifs is 1. The molecule has 7 rings (SSSR count). The third kappa shape index (κ3) is 16.5. The Morgan fingerprint density at radius 1 is 0.711 bits per heavy atom. The molecule has 3 aliphatic rings. The molecule has 2 aromatic carbocycles. The number of nitrogen functional groups attached to an aromatic ring is 2. The summed E-state index contributed by atoms with van der Waals surface area (Å²) in [6.45, 7) is 10.9. The van der Waals surface area contributed by atoms with Crippen LogP contribution in [0.15, 0.2) is 94.8 Å². The Balaban J connectivity index is 0.000000337. The van der Waals surface area contributed by atoms with Gasteiger partial charge in [-0.3, -0.25) is 32.6 Å². The van der Waals surface area contributed by atoms with Crippen molar-refractivity contribution in [2.75, 3.05) is 18.6 Å². The molecular weight excluding hydrogens is 1140 g/mol. The second-order valence-corrected chi connectivity index (χ2v) is 21.9. The number of para-hydroxylation sites is 2. The van der Waals surface area contributed by atoms with Crippen molar-refractivity contribution in [3.8, 4) is 23.6 Å². The quantitative estimate of drug-likeness (QED) is 0.0349. The average molecular weight is 1210 g/mol. The van der Waals surface area contributed by atoms with Gasteiger partial charge in [-0.25, -0.2) is 18.7 Å². The number of nitrogens with zero attached hydrogens (tertiary/aromatic N) is 6. The highest BCUT2D eigenvalue weighted by Gasteiger charge is 2.66. The molecule has 3 aliphatic heterocycles. The van der Waals surface area contributed by atoms with Gasteiger partial charge in [0.05, 0.1) is 24.4 Å². The van der Waals surface area contributed by atoms with Crippen molar-refractivity contribution < 1.29 is 95.6 Å².